The van der Waals surface area contributed by atoms with Gasteiger partial charge in [0.1, 0.15) is 0 Å². The zero-order chi connectivity index (χ0) is 37.0. The van der Waals surface area contributed by atoms with Gasteiger partial charge in [0.15, 0.2) is 0 Å². The van der Waals surface area contributed by atoms with Gasteiger partial charge in [0, 0.05) is 22.3 Å². The molecule has 3 rings (SSSR count). The third-order valence-electron chi connectivity index (χ3n) is 11.3. The first-order valence-electron chi connectivity index (χ1n) is 22.2. The van der Waals surface area contributed by atoms with E-state index in [1.165, 1.54) is 123 Å². The van der Waals surface area contributed by atoms with Gasteiger partial charge in [0.05, 0.1) is 0 Å². The summed E-state index contributed by atoms with van der Waals surface area (Å²) in [5.74, 6) is 0. The van der Waals surface area contributed by atoms with Crippen LogP contribution in [0.5, 0.6) is 0 Å². The van der Waals surface area contributed by atoms with Crippen molar-refractivity contribution in [3.63, 3.8) is 0 Å². The number of nitrogens with zero attached hydrogens (tertiary/aromatic N) is 2. The number of rotatable bonds is 27. The summed E-state index contributed by atoms with van der Waals surface area (Å²) in [5, 5.41) is 0. The molecule has 2 nitrogen and oxygen atoms in total. The minimum Gasteiger partial charge on any atom is -0.493 e. The Hall–Kier alpha value is -1.99. The van der Waals surface area contributed by atoms with Crippen molar-refractivity contribution < 1.29 is 21.2 Å². The zero-order valence-electron chi connectivity index (χ0n) is 37.2. The molecule has 0 amide bonds. The SMILES string of the molecule is CCCCCC1=C(c2cc(CCC)c(CCC)c(CCC)c2)[N+](=[N-])C(c2cc(CCCCC)c(CCCCC)c(CCCCC)c2)=C1CCCC.[CH3-].[CH3-].[Ni+2]. The Morgan fingerprint density at radius 3 is 1.06 bits per heavy atom. The van der Waals surface area contributed by atoms with Gasteiger partial charge in [-0.25, -0.2) is 4.70 Å². The van der Waals surface area contributed by atoms with Crippen molar-refractivity contribution in [1.29, 1.82) is 0 Å². The van der Waals surface area contributed by atoms with E-state index < -0.39 is 0 Å². The Morgan fingerprint density at radius 2 is 0.685 bits per heavy atom. The summed E-state index contributed by atoms with van der Waals surface area (Å²) in [6.07, 6.45) is 29.7. The summed E-state index contributed by atoms with van der Waals surface area (Å²) in [4.78, 5) is 0. The Bertz CT molecular complexity index is 1370. The van der Waals surface area contributed by atoms with Crippen molar-refractivity contribution in [2.75, 3.05) is 0 Å². The molecule has 2 aromatic rings. The first kappa shape index (κ1) is 52.0. The monoisotopic (exact) mass is 783 g/mol. The number of hydrogen-bond acceptors (Lipinski definition) is 0. The van der Waals surface area contributed by atoms with E-state index >= 15 is 0 Å². The van der Waals surface area contributed by atoms with Crippen molar-refractivity contribution in [3.05, 3.63) is 100 Å². The van der Waals surface area contributed by atoms with Crippen LogP contribution in [0.4, 0.5) is 0 Å². The van der Waals surface area contributed by atoms with Gasteiger partial charge in [-0.2, -0.15) is 0 Å². The van der Waals surface area contributed by atoms with Gasteiger partial charge in [-0.3, -0.25) is 0 Å². The molecule has 308 valence electrons. The van der Waals surface area contributed by atoms with Crippen LogP contribution < -0.4 is 0 Å². The summed E-state index contributed by atoms with van der Waals surface area (Å²) >= 11 is 0. The van der Waals surface area contributed by atoms with E-state index in [1.54, 1.807) is 27.0 Å². The molecule has 54 heavy (non-hydrogen) atoms. The van der Waals surface area contributed by atoms with Crippen LogP contribution in [-0.2, 0) is 55.0 Å². The van der Waals surface area contributed by atoms with Crippen LogP contribution in [-0.4, -0.2) is 4.70 Å². The molecule has 0 atom stereocenters. The van der Waals surface area contributed by atoms with E-state index in [0.29, 0.717) is 0 Å². The van der Waals surface area contributed by atoms with Crippen LogP contribution in [0, 0.1) is 14.9 Å². The smallest absolute Gasteiger partial charge is 0.493 e. The molecule has 0 unspecified atom stereocenters. The molecule has 0 bridgehead atoms. The van der Waals surface area contributed by atoms with Gasteiger partial charge in [-0.05, 0) is 141 Å². The van der Waals surface area contributed by atoms with Gasteiger partial charge in [-0.1, -0.05) is 132 Å². The molecule has 0 saturated carbocycles. The average molecular weight is 784 g/mol. The topological polar surface area (TPSA) is 25.3 Å². The molecule has 1 heterocycles. The number of hydrogen-bond donors (Lipinski definition) is 0. The Kier molecular flexibility index (Phi) is 28.2. The minimum atomic E-state index is 0. The second-order valence-electron chi connectivity index (χ2n) is 15.7. The average Bonchev–Trinajstić information content (AvgIpc) is 3.40. The fourth-order valence-corrected chi connectivity index (χ4v) is 8.56. The van der Waals surface area contributed by atoms with E-state index in [4.69, 9.17) is 0 Å². The van der Waals surface area contributed by atoms with Gasteiger partial charge < -0.3 is 20.4 Å². The van der Waals surface area contributed by atoms with Crippen molar-refractivity contribution >= 4 is 11.4 Å². The van der Waals surface area contributed by atoms with Crippen LogP contribution in [0.1, 0.15) is 222 Å². The fraction of sp³-hybridized carbons (Fsp3) is 0.647. The van der Waals surface area contributed by atoms with Gasteiger partial charge >= 0.3 is 16.5 Å². The molecular formula is C51H84N2Ni. The maximum Gasteiger partial charge on any atom is 2.00 e. The van der Waals surface area contributed by atoms with Gasteiger partial charge in [-0.15, -0.1) is 0 Å². The molecule has 3 heteroatoms. The van der Waals surface area contributed by atoms with Crippen LogP contribution in [0.25, 0.3) is 16.9 Å². The molecule has 2 aromatic carbocycles. The minimum absolute atomic E-state index is 0. The summed E-state index contributed by atoms with van der Waals surface area (Å²) in [7, 11) is 0. The molecule has 1 aliphatic rings. The van der Waals surface area contributed by atoms with Crippen molar-refractivity contribution in [1.82, 2.24) is 0 Å². The van der Waals surface area contributed by atoms with Gasteiger partial charge in [0.25, 0.3) is 0 Å². The molecule has 0 saturated heterocycles. The molecule has 0 aromatic heterocycles. The third kappa shape index (κ3) is 14.5. The maximum atomic E-state index is 12.7. The third-order valence-corrected chi connectivity index (χ3v) is 11.3. The van der Waals surface area contributed by atoms with Crippen molar-refractivity contribution in [3.8, 4) is 0 Å². The molecule has 0 fully saturated rings. The summed E-state index contributed by atoms with van der Waals surface area (Å²) < 4.78 is 1.70. The first-order chi connectivity index (χ1) is 24.9. The number of benzene rings is 2. The number of aryl methyl sites for hydroxylation is 4. The fourth-order valence-electron chi connectivity index (χ4n) is 8.56. The van der Waals surface area contributed by atoms with E-state index in [0.717, 1.165) is 82.0 Å². The van der Waals surface area contributed by atoms with Crippen molar-refractivity contribution in [2.45, 2.75) is 216 Å². The molecule has 0 aliphatic carbocycles. The Balaban J connectivity index is 0.00000936. The molecule has 0 N–H and O–H groups in total. The Morgan fingerprint density at radius 1 is 0.370 bits per heavy atom. The van der Waals surface area contributed by atoms with Crippen LogP contribution in [0.2, 0.25) is 0 Å². The van der Waals surface area contributed by atoms with E-state index in [1.807, 2.05) is 0 Å². The summed E-state index contributed by atoms with van der Waals surface area (Å²) in [6, 6.07) is 10.0. The van der Waals surface area contributed by atoms with E-state index in [9.17, 15) is 5.53 Å². The quantitative estimate of drug-likeness (QED) is 0.0373. The second kappa shape index (κ2) is 29.3. The first-order valence-corrected chi connectivity index (χ1v) is 22.2. The zero-order valence-corrected chi connectivity index (χ0v) is 38.2. The second-order valence-corrected chi connectivity index (χ2v) is 15.7. The van der Waals surface area contributed by atoms with Crippen LogP contribution >= 0.6 is 0 Å². The predicted octanol–water partition coefficient (Wildman–Crippen LogP) is 16.6. The van der Waals surface area contributed by atoms with Crippen molar-refractivity contribution in [2.24, 2.45) is 0 Å². The molecule has 1 aliphatic heterocycles. The molecule has 0 spiro atoms. The van der Waals surface area contributed by atoms with E-state index in [2.05, 4.69) is 79.7 Å². The molecular weight excluding hydrogens is 699 g/mol. The maximum absolute atomic E-state index is 12.7. The summed E-state index contributed by atoms with van der Waals surface area (Å²) in [6.45, 7) is 18.5. The van der Waals surface area contributed by atoms with Crippen LogP contribution in [0.15, 0.2) is 35.4 Å². The predicted molar refractivity (Wildman–Crippen MR) is 239 cm³/mol. The number of unbranched alkanes of at least 4 members (excludes halogenated alkanes) is 9. The normalized spacial score (nSPS) is 12.6. The van der Waals surface area contributed by atoms with Crippen LogP contribution in [0.3, 0.4) is 0 Å². The van der Waals surface area contributed by atoms with Gasteiger partial charge in [0.2, 0.25) is 11.4 Å². The largest absolute Gasteiger partial charge is 2.00 e. The Labute approximate surface area is 347 Å². The standard InChI is InChI=1S/C49H78N2.2CH3.Ni/c1-9-17-22-29-40-36-43(37-41(30-23-18-10-2)45(40)32-24-19-11-3)48-46(31-21-13-5)47(33-25-20-12-4)49(51(48)50)42-34-38(26-14-6)44(28-16-8)39(35-42)27-15-7;;;/h34-37H,9-33H2,1-8H3;2*1H3;/q;2*-1;+2. The number of allylic oxidation sites excluding steroid dienone is 2. The molecule has 0 radical (unpaired) electrons. The van der Waals surface area contributed by atoms with E-state index in [-0.39, 0.29) is 31.3 Å². The summed E-state index contributed by atoms with van der Waals surface area (Å²) in [5.41, 5.74) is 29.6.